The minimum atomic E-state index is -2.23. The number of carboxylic acid groups (broad SMARTS) is 1. The molecule has 0 aliphatic carbocycles. The highest BCUT2D eigenvalue weighted by Gasteiger charge is 2.56. The molecule has 1 aromatic carbocycles. The molecule has 2 saturated heterocycles. The van der Waals surface area contributed by atoms with Crippen LogP contribution >= 0.6 is 0 Å². The zero-order chi connectivity index (χ0) is 25.4. The minimum absolute atomic E-state index is 0.474. The van der Waals surface area contributed by atoms with Gasteiger partial charge in [-0.1, -0.05) is 0 Å². The van der Waals surface area contributed by atoms with Crippen LogP contribution in [0.15, 0.2) is 12.1 Å². The van der Waals surface area contributed by atoms with Crippen molar-refractivity contribution in [3.8, 4) is 17.2 Å². The normalized spacial score (nSPS) is 38.1. The van der Waals surface area contributed by atoms with Gasteiger partial charge in [-0.3, -0.25) is 0 Å². The fraction of sp³-hybridized carbons (Fsp3) is 0.632. The van der Waals surface area contributed by atoms with Crippen LogP contribution in [0.2, 0.25) is 0 Å². The Morgan fingerprint density at radius 3 is 2.24 bits per heavy atom. The molecule has 0 amide bonds. The van der Waals surface area contributed by atoms with Gasteiger partial charge in [-0.25, -0.2) is 4.79 Å². The van der Waals surface area contributed by atoms with E-state index < -0.39 is 103 Å². The Kier molecular flexibility index (Phi) is 7.83. The van der Waals surface area contributed by atoms with Gasteiger partial charge in [0, 0.05) is 0 Å². The van der Waals surface area contributed by atoms with Crippen LogP contribution in [0.3, 0.4) is 0 Å². The standard InChI is InChI=1S/C19H26O15/c20-3-10-19(30,5-21)15(27)18(34-10)31-4-9-12(24)13(25)14(26)17(33-9)32-8-2-6(16(28)29)1-7(22)11(8)23/h1-2,9-10,12-15,17-18,20-27,30H,3-5H2,(H,28,29). The molecule has 10 N–H and O–H groups in total. The summed E-state index contributed by atoms with van der Waals surface area (Å²) < 4.78 is 21.0. The number of aromatic hydroxyl groups is 2. The summed E-state index contributed by atoms with van der Waals surface area (Å²) in [5.41, 5.74) is -2.71. The molecular formula is C19H26O15. The van der Waals surface area contributed by atoms with Crippen molar-refractivity contribution >= 4 is 5.97 Å². The molecule has 34 heavy (non-hydrogen) atoms. The quantitative estimate of drug-likeness (QED) is 0.154. The number of ether oxygens (including phenoxy) is 4. The van der Waals surface area contributed by atoms with Crippen LogP contribution in [0.1, 0.15) is 10.4 Å². The number of aliphatic hydroxyl groups is 7. The van der Waals surface area contributed by atoms with Gasteiger partial charge in [-0.15, -0.1) is 0 Å². The van der Waals surface area contributed by atoms with Crippen molar-refractivity contribution < 1.29 is 74.8 Å². The average molecular weight is 494 g/mol. The Morgan fingerprint density at radius 2 is 1.68 bits per heavy atom. The van der Waals surface area contributed by atoms with Crippen LogP contribution in [0.25, 0.3) is 0 Å². The third-order valence-electron chi connectivity index (χ3n) is 5.68. The summed E-state index contributed by atoms with van der Waals surface area (Å²) in [6.07, 6.45) is -13.6. The van der Waals surface area contributed by atoms with E-state index in [2.05, 4.69) is 0 Å². The van der Waals surface area contributed by atoms with Crippen molar-refractivity contribution in [2.45, 2.75) is 54.8 Å². The van der Waals surface area contributed by atoms with Gasteiger partial charge in [0.1, 0.15) is 42.2 Å². The van der Waals surface area contributed by atoms with Gasteiger partial charge in [-0.2, -0.15) is 0 Å². The lowest BCUT2D eigenvalue weighted by Gasteiger charge is -2.40. The highest BCUT2D eigenvalue weighted by atomic mass is 16.7. The Morgan fingerprint density at radius 1 is 1.00 bits per heavy atom. The predicted octanol–water partition coefficient (Wildman–Crippen LogP) is -4.20. The maximum atomic E-state index is 11.2. The van der Waals surface area contributed by atoms with Crippen molar-refractivity contribution in [3.05, 3.63) is 17.7 Å². The molecule has 1 aromatic rings. The highest BCUT2D eigenvalue weighted by Crippen LogP contribution is 2.38. The molecule has 2 fully saturated rings. The Bertz CT molecular complexity index is 879. The first-order valence-corrected chi connectivity index (χ1v) is 9.99. The van der Waals surface area contributed by atoms with E-state index >= 15 is 0 Å². The third kappa shape index (κ3) is 4.76. The number of carbonyl (C=O) groups is 1. The number of aromatic carboxylic acids is 1. The van der Waals surface area contributed by atoms with Crippen molar-refractivity contribution in [2.24, 2.45) is 0 Å². The van der Waals surface area contributed by atoms with E-state index in [0.29, 0.717) is 0 Å². The van der Waals surface area contributed by atoms with E-state index in [-0.39, 0.29) is 0 Å². The summed E-state index contributed by atoms with van der Waals surface area (Å²) in [6.45, 7) is -2.35. The highest BCUT2D eigenvalue weighted by molar-refractivity contribution is 5.89. The molecule has 15 heteroatoms. The Balaban J connectivity index is 1.73. The molecule has 0 saturated carbocycles. The fourth-order valence-corrected chi connectivity index (χ4v) is 3.58. The van der Waals surface area contributed by atoms with Crippen LogP contribution in [-0.2, 0) is 14.2 Å². The van der Waals surface area contributed by atoms with Crippen LogP contribution in [0.4, 0.5) is 0 Å². The number of aliphatic hydroxyl groups excluding tert-OH is 6. The maximum absolute atomic E-state index is 11.2. The smallest absolute Gasteiger partial charge is 0.335 e. The first-order chi connectivity index (χ1) is 15.9. The van der Waals surface area contributed by atoms with Crippen molar-refractivity contribution in [3.63, 3.8) is 0 Å². The molecule has 2 aliphatic rings. The molecule has 0 aromatic heterocycles. The lowest BCUT2D eigenvalue weighted by Crippen LogP contribution is -2.60. The van der Waals surface area contributed by atoms with E-state index in [1.165, 1.54) is 0 Å². The SMILES string of the molecule is O=C(O)c1cc(O)c(O)c(OC2OC(COC3OC(CO)C(O)(CO)C3O)C(O)C(O)C2O)c1. The summed E-state index contributed by atoms with van der Waals surface area (Å²) in [5, 5.41) is 98.4. The molecule has 0 bridgehead atoms. The van der Waals surface area contributed by atoms with Crippen LogP contribution in [0.5, 0.6) is 17.2 Å². The molecule has 9 unspecified atom stereocenters. The Labute approximate surface area is 191 Å². The molecule has 0 spiro atoms. The lowest BCUT2D eigenvalue weighted by molar-refractivity contribution is -0.290. The van der Waals surface area contributed by atoms with Crippen LogP contribution < -0.4 is 4.74 Å². The zero-order valence-corrected chi connectivity index (χ0v) is 17.4. The van der Waals surface area contributed by atoms with Gasteiger partial charge in [0.2, 0.25) is 12.0 Å². The number of hydrogen-bond acceptors (Lipinski definition) is 14. The second kappa shape index (κ2) is 10.1. The molecule has 15 nitrogen and oxygen atoms in total. The minimum Gasteiger partial charge on any atom is -0.504 e. The molecule has 192 valence electrons. The van der Waals surface area contributed by atoms with Gasteiger partial charge in [0.25, 0.3) is 0 Å². The van der Waals surface area contributed by atoms with Crippen molar-refractivity contribution in [1.82, 2.24) is 0 Å². The fourth-order valence-electron chi connectivity index (χ4n) is 3.58. The average Bonchev–Trinajstić information content (AvgIpc) is 3.05. The van der Waals surface area contributed by atoms with Gasteiger partial charge in [-0.05, 0) is 12.1 Å². The first kappa shape index (κ1) is 26.3. The lowest BCUT2D eigenvalue weighted by atomic mass is 9.94. The monoisotopic (exact) mass is 494 g/mol. The van der Waals surface area contributed by atoms with Crippen LogP contribution in [0, 0.1) is 0 Å². The van der Waals surface area contributed by atoms with Gasteiger partial charge >= 0.3 is 5.97 Å². The van der Waals surface area contributed by atoms with Crippen molar-refractivity contribution in [1.29, 1.82) is 0 Å². The maximum Gasteiger partial charge on any atom is 0.335 e. The topological polar surface area (TPSA) is 256 Å². The number of carboxylic acids is 1. The van der Waals surface area contributed by atoms with Crippen LogP contribution in [-0.4, -0.2) is 132 Å². The molecule has 2 aliphatic heterocycles. The van der Waals surface area contributed by atoms with Gasteiger partial charge in [0.15, 0.2) is 17.8 Å². The van der Waals surface area contributed by atoms with E-state index in [4.69, 9.17) is 24.1 Å². The largest absolute Gasteiger partial charge is 0.504 e. The molecule has 3 rings (SSSR count). The number of rotatable bonds is 8. The summed E-state index contributed by atoms with van der Waals surface area (Å²) in [7, 11) is 0. The number of hydrogen-bond donors (Lipinski definition) is 10. The predicted molar refractivity (Wildman–Crippen MR) is 104 cm³/mol. The van der Waals surface area contributed by atoms with Crippen molar-refractivity contribution in [2.75, 3.05) is 19.8 Å². The second-order valence-electron chi connectivity index (χ2n) is 7.88. The molecule has 9 atom stereocenters. The number of phenols is 2. The first-order valence-electron chi connectivity index (χ1n) is 9.99. The van der Waals surface area contributed by atoms with E-state index in [0.717, 1.165) is 12.1 Å². The van der Waals surface area contributed by atoms with E-state index in [9.17, 15) is 50.8 Å². The number of phenolic OH excluding ortho intramolecular Hbond substituents is 2. The second-order valence-corrected chi connectivity index (χ2v) is 7.88. The molecule has 0 radical (unpaired) electrons. The number of benzene rings is 1. The van der Waals surface area contributed by atoms with E-state index in [1.807, 2.05) is 0 Å². The summed E-state index contributed by atoms with van der Waals surface area (Å²) in [4.78, 5) is 11.2. The van der Waals surface area contributed by atoms with E-state index in [1.54, 1.807) is 0 Å². The zero-order valence-electron chi connectivity index (χ0n) is 17.4. The Hall–Kier alpha value is -2.31. The van der Waals surface area contributed by atoms with Gasteiger partial charge in [0.05, 0.1) is 25.4 Å². The summed E-state index contributed by atoms with van der Waals surface area (Å²) >= 11 is 0. The molecule has 2 heterocycles. The summed E-state index contributed by atoms with van der Waals surface area (Å²) in [5.74, 6) is -3.80. The van der Waals surface area contributed by atoms with Gasteiger partial charge < -0.3 is 70.0 Å². The third-order valence-corrected chi connectivity index (χ3v) is 5.68. The summed E-state index contributed by atoms with van der Waals surface area (Å²) in [6, 6.07) is 1.57. The molecular weight excluding hydrogens is 468 g/mol.